The molecular formula is C9H19NO. The van der Waals surface area contributed by atoms with Gasteiger partial charge in [0.25, 0.3) is 0 Å². The Hall–Kier alpha value is -0.0800. The molecule has 0 radical (unpaired) electrons. The maximum Gasteiger partial charge on any atom is 0.0533 e. The average molecular weight is 157 g/mol. The molecule has 1 fully saturated rings. The van der Waals surface area contributed by atoms with Crippen LogP contribution < -0.4 is 5.73 Å². The first-order valence-corrected chi connectivity index (χ1v) is 4.48. The lowest BCUT2D eigenvalue weighted by Gasteiger charge is -2.30. The minimum atomic E-state index is 0.300. The average Bonchev–Trinajstić information content (AvgIpc) is 2.83. The third-order valence-corrected chi connectivity index (χ3v) is 2.99. The zero-order chi connectivity index (χ0) is 8.32. The van der Waals surface area contributed by atoms with Crippen molar-refractivity contribution in [3.8, 4) is 0 Å². The minimum absolute atomic E-state index is 0.300. The first-order valence-electron chi connectivity index (χ1n) is 4.48. The third kappa shape index (κ3) is 1.74. The van der Waals surface area contributed by atoms with Gasteiger partial charge < -0.3 is 10.5 Å². The topological polar surface area (TPSA) is 35.2 Å². The first-order chi connectivity index (χ1) is 5.29. The molecular weight excluding hydrogens is 138 g/mol. The number of ether oxygens (including phenoxy) is 1. The molecule has 11 heavy (non-hydrogen) atoms. The molecule has 1 rings (SSSR count). The van der Waals surface area contributed by atoms with E-state index in [1.54, 1.807) is 7.11 Å². The van der Waals surface area contributed by atoms with Crippen molar-refractivity contribution in [2.24, 2.45) is 17.1 Å². The molecule has 2 nitrogen and oxygen atoms in total. The summed E-state index contributed by atoms with van der Waals surface area (Å²) in [5.41, 5.74) is 6.07. The maximum atomic E-state index is 5.77. The summed E-state index contributed by atoms with van der Waals surface area (Å²) in [6.45, 7) is 3.83. The molecule has 0 bridgehead atoms. The summed E-state index contributed by atoms with van der Waals surface area (Å²) >= 11 is 0. The van der Waals surface area contributed by atoms with E-state index in [4.69, 9.17) is 10.5 Å². The Bertz CT molecular complexity index is 117. The first kappa shape index (κ1) is 9.01. The van der Waals surface area contributed by atoms with Crippen LogP contribution in [0, 0.1) is 11.3 Å². The van der Waals surface area contributed by atoms with Crippen molar-refractivity contribution in [1.29, 1.82) is 0 Å². The zero-order valence-electron chi connectivity index (χ0n) is 7.60. The Balaban J connectivity index is 2.50. The molecule has 0 aromatic carbocycles. The van der Waals surface area contributed by atoms with Crippen molar-refractivity contribution < 1.29 is 4.74 Å². The van der Waals surface area contributed by atoms with Crippen LogP contribution in [0.1, 0.15) is 26.2 Å². The lowest BCUT2D eigenvalue weighted by atomic mass is 9.81. The standard InChI is InChI=1S/C9H19NO/c1-3-9(6-10,7-11-2)8-4-5-8/h8H,3-7,10H2,1-2H3. The van der Waals surface area contributed by atoms with Gasteiger partial charge in [0.1, 0.15) is 0 Å². The molecule has 0 aromatic heterocycles. The van der Waals surface area contributed by atoms with Gasteiger partial charge in [0.05, 0.1) is 6.61 Å². The summed E-state index contributed by atoms with van der Waals surface area (Å²) < 4.78 is 5.21. The van der Waals surface area contributed by atoms with Crippen molar-refractivity contribution in [3.05, 3.63) is 0 Å². The monoisotopic (exact) mass is 157 g/mol. The lowest BCUT2D eigenvalue weighted by Crippen LogP contribution is -2.36. The Labute approximate surface area is 69.1 Å². The van der Waals surface area contributed by atoms with Crippen molar-refractivity contribution in [1.82, 2.24) is 0 Å². The van der Waals surface area contributed by atoms with Crippen LogP contribution in [0.15, 0.2) is 0 Å². The van der Waals surface area contributed by atoms with E-state index in [1.165, 1.54) is 12.8 Å². The van der Waals surface area contributed by atoms with Crippen molar-refractivity contribution >= 4 is 0 Å². The summed E-state index contributed by atoms with van der Waals surface area (Å²) in [5.74, 6) is 0.845. The summed E-state index contributed by atoms with van der Waals surface area (Å²) in [5, 5.41) is 0. The number of methoxy groups -OCH3 is 1. The van der Waals surface area contributed by atoms with E-state index in [0.29, 0.717) is 5.41 Å². The normalized spacial score (nSPS) is 23.2. The molecule has 2 N–H and O–H groups in total. The van der Waals surface area contributed by atoms with Gasteiger partial charge in [0, 0.05) is 19.1 Å². The molecule has 0 aliphatic heterocycles. The lowest BCUT2D eigenvalue weighted by molar-refractivity contribution is 0.0646. The third-order valence-electron chi connectivity index (χ3n) is 2.99. The van der Waals surface area contributed by atoms with Crippen LogP contribution in [-0.4, -0.2) is 20.3 Å². The SMILES string of the molecule is CCC(CN)(COC)C1CC1. The second kappa shape index (κ2) is 3.55. The van der Waals surface area contributed by atoms with E-state index in [9.17, 15) is 0 Å². The van der Waals surface area contributed by atoms with Crippen molar-refractivity contribution in [2.45, 2.75) is 26.2 Å². The Kier molecular flexibility index (Phi) is 2.90. The molecule has 1 unspecified atom stereocenters. The van der Waals surface area contributed by atoms with Gasteiger partial charge in [-0.3, -0.25) is 0 Å². The highest BCUT2D eigenvalue weighted by Crippen LogP contribution is 2.47. The number of hydrogen-bond donors (Lipinski definition) is 1. The van der Waals surface area contributed by atoms with E-state index < -0.39 is 0 Å². The fraction of sp³-hybridized carbons (Fsp3) is 1.00. The van der Waals surface area contributed by atoms with Crippen molar-refractivity contribution in [3.63, 3.8) is 0 Å². The molecule has 0 amide bonds. The van der Waals surface area contributed by atoms with Gasteiger partial charge in [-0.25, -0.2) is 0 Å². The van der Waals surface area contributed by atoms with E-state index in [0.717, 1.165) is 25.5 Å². The molecule has 1 aliphatic rings. The van der Waals surface area contributed by atoms with Crippen LogP contribution in [0.3, 0.4) is 0 Å². The highest BCUT2D eigenvalue weighted by atomic mass is 16.5. The van der Waals surface area contributed by atoms with E-state index in [-0.39, 0.29) is 0 Å². The van der Waals surface area contributed by atoms with Gasteiger partial charge in [0.15, 0.2) is 0 Å². The fourth-order valence-electron chi connectivity index (χ4n) is 1.86. The molecule has 0 aromatic rings. The van der Waals surface area contributed by atoms with E-state index in [2.05, 4.69) is 6.92 Å². The molecule has 1 atom stereocenters. The summed E-state index contributed by atoms with van der Waals surface area (Å²) in [6.07, 6.45) is 3.87. The molecule has 0 heterocycles. The van der Waals surface area contributed by atoms with Gasteiger partial charge in [-0.2, -0.15) is 0 Å². The second-order valence-corrected chi connectivity index (χ2v) is 3.63. The zero-order valence-corrected chi connectivity index (χ0v) is 7.60. The predicted octanol–water partition coefficient (Wildman–Crippen LogP) is 1.40. The van der Waals surface area contributed by atoms with Crippen molar-refractivity contribution in [2.75, 3.05) is 20.3 Å². The maximum absolute atomic E-state index is 5.77. The summed E-state index contributed by atoms with van der Waals surface area (Å²) in [7, 11) is 1.77. The highest BCUT2D eigenvalue weighted by Gasteiger charge is 2.42. The highest BCUT2D eigenvalue weighted by molar-refractivity contribution is 4.93. The van der Waals surface area contributed by atoms with E-state index >= 15 is 0 Å². The molecule has 0 saturated heterocycles. The van der Waals surface area contributed by atoms with Crippen LogP contribution in [0.5, 0.6) is 0 Å². The van der Waals surface area contributed by atoms with Gasteiger partial charge in [-0.05, 0) is 25.2 Å². The summed E-state index contributed by atoms with van der Waals surface area (Å²) in [6, 6.07) is 0. The molecule has 2 heteroatoms. The van der Waals surface area contributed by atoms with Crippen LogP contribution in [-0.2, 0) is 4.74 Å². The Morgan fingerprint density at radius 1 is 1.55 bits per heavy atom. The van der Waals surface area contributed by atoms with E-state index in [1.807, 2.05) is 0 Å². The molecule has 0 spiro atoms. The molecule has 1 saturated carbocycles. The van der Waals surface area contributed by atoms with Crippen LogP contribution in [0.4, 0.5) is 0 Å². The van der Waals surface area contributed by atoms with Crippen LogP contribution in [0.2, 0.25) is 0 Å². The molecule has 1 aliphatic carbocycles. The second-order valence-electron chi connectivity index (χ2n) is 3.63. The van der Waals surface area contributed by atoms with Crippen LogP contribution >= 0.6 is 0 Å². The smallest absolute Gasteiger partial charge is 0.0533 e. The van der Waals surface area contributed by atoms with Gasteiger partial charge in [-0.1, -0.05) is 6.92 Å². The Morgan fingerprint density at radius 3 is 2.45 bits per heavy atom. The number of hydrogen-bond acceptors (Lipinski definition) is 2. The molecule has 66 valence electrons. The van der Waals surface area contributed by atoms with Gasteiger partial charge in [-0.15, -0.1) is 0 Å². The fourth-order valence-corrected chi connectivity index (χ4v) is 1.86. The largest absolute Gasteiger partial charge is 0.384 e. The summed E-state index contributed by atoms with van der Waals surface area (Å²) in [4.78, 5) is 0. The van der Waals surface area contributed by atoms with Gasteiger partial charge >= 0.3 is 0 Å². The van der Waals surface area contributed by atoms with Crippen LogP contribution in [0.25, 0.3) is 0 Å². The quantitative estimate of drug-likeness (QED) is 0.654. The minimum Gasteiger partial charge on any atom is -0.384 e. The van der Waals surface area contributed by atoms with Gasteiger partial charge in [0.2, 0.25) is 0 Å². The predicted molar refractivity (Wildman–Crippen MR) is 46.4 cm³/mol. The number of nitrogens with two attached hydrogens (primary N) is 1. The number of rotatable bonds is 5. The Morgan fingerprint density at radius 2 is 2.18 bits per heavy atom.